The van der Waals surface area contributed by atoms with Gasteiger partial charge < -0.3 is 15.4 Å². The summed E-state index contributed by atoms with van der Waals surface area (Å²) in [6, 6.07) is 0. The average molecular weight is 269 g/mol. The Kier molecular flexibility index (Phi) is 3.47. The Hall–Kier alpha value is -1.30. The van der Waals surface area contributed by atoms with Crippen molar-refractivity contribution in [3.05, 3.63) is 11.1 Å². The van der Waals surface area contributed by atoms with E-state index in [0.29, 0.717) is 11.7 Å². The summed E-state index contributed by atoms with van der Waals surface area (Å²) in [5.74, 6) is 0.283. The van der Waals surface area contributed by atoms with E-state index < -0.39 is 5.60 Å². The van der Waals surface area contributed by atoms with E-state index in [-0.39, 0.29) is 12.0 Å². The molecule has 100 valence electrons. The van der Waals surface area contributed by atoms with Crippen molar-refractivity contribution in [1.29, 1.82) is 0 Å². The largest absolute Gasteiger partial charge is 0.444 e. The molecule has 2 N–H and O–H groups in total. The van der Waals surface area contributed by atoms with Crippen LogP contribution in [0.5, 0.6) is 0 Å². The molecule has 0 saturated carbocycles. The van der Waals surface area contributed by atoms with Crippen LogP contribution < -0.4 is 5.73 Å². The zero-order chi connectivity index (χ0) is 13.3. The van der Waals surface area contributed by atoms with E-state index in [1.807, 2.05) is 26.2 Å². The van der Waals surface area contributed by atoms with Crippen LogP contribution in [0, 0.1) is 0 Å². The van der Waals surface area contributed by atoms with Crippen LogP contribution in [0.1, 0.15) is 38.8 Å². The lowest BCUT2D eigenvalue weighted by Crippen LogP contribution is -2.35. The zero-order valence-corrected chi connectivity index (χ0v) is 11.8. The van der Waals surface area contributed by atoms with E-state index in [2.05, 4.69) is 4.98 Å². The van der Waals surface area contributed by atoms with Gasteiger partial charge in [-0.3, -0.25) is 0 Å². The van der Waals surface area contributed by atoms with Crippen LogP contribution in [-0.2, 0) is 4.74 Å². The number of amides is 1. The number of carbonyl (C=O) groups is 1. The maximum Gasteiger partial charge on any atom is 0.410 e. The van der Waals surface area contributed by atoms with Crippen molar-refractivity contribution in [1.82, 2.24) is 9.88 Å². The Morgan fingerprint density at radius 1 is 1.61 bits per heavy atom. The summed E-state index contributed by atoms with van der Waals surface area (Å²) in [7, 11) is 0. The number of ether oxygens (including phenoxy) is 1. The number of aromatic nitrogens is 1. The first kappa shape index (κ1) is 13.1. The Morgan fingerprint density at radius 2 is 2.33 bits per heavy atom. The van der Waals surface area contributed by atoms with Gasteiger partial charge >= 0.3 is 6.09 Å². The fraction of sp³-hybridized carbons (Fsp3) is 0.667. The molecule has 0 aliphatic carbocycles. The van der Waals surface area contributed by atoms with Crippen molar-refractivity contribution < 1.29 is 9.53 Å². The van der Waals surface area contributed by atoms with Crippen molar-refractivity contribution in [3.8, 4) is 0 Å². The fourth-order valence-electron chi connectivity index (χ4n) is 1.98. The molecule has 1 atom stereocenters. The molecule has 18 heavy (non-hydrogen) atoms. The summed E-state index contributed by atoms with van der Waals surface area (Å²) < 4.78 is 5.36. The van der Waals surface area contributed by atoms with Gasteiger partial charge in [-0.2, -0.15) is 0 Å². The van der Waals surface area contributed by atoms with Gasteiger partial charge in [-0.15, -0.1) is 11.3 Å². The number of nitrogen functional groups attached to an aromatic ring is 1. The quantitative estimate of drug-likeness (QED) is 0.850. The van der Waals surface area contributed by atoms with Crippen molar-refractivity contribution in [2.75, 3.05) is 18.8 Å². The molecule has 0 unspecified atom stereocenters. The van der Waals surface area contributed by atoms with E-state index in [1.165, 1.54) is 11.3 Å². The maximum atomic E-state index is 11.9. The highest BCUT2D eigenvalue weighted by atomic mass is 32.1. The second kappa shape index (κ2) is 4.76. The van der Waals surface area contributed by atoms with Crippen molar-refractivity contribution in [3.63, 3.8) is 0 Å². The lowest BCUT2D eigenvalue weighted by molar-refractivity contribution is 0.0292. The molecule has 1 amide bonds. The van der Waals surface area contributed by atoms with E-state index in [4.69, 9.17) is 10.5 Å². The third-order valence-electron chi connectivity index (χ3n) is 2.80. The van der Waals surface area contributed by atoms with Gasteiger partial charge in [0.25, 0.3) is 0 Å². The fourth-order valence-corrected chi connectivity index (χ4v) is 2.63. The van der Waals surface area contributed by atoms with Gasteiger partial charge in [-0.1, -0.05) is 0 Å². The average Bonchev–Trinajstić information content (AvgIpc) is 2.82. The summed E-state index contributed by atoms with van der Waals surface area (Å²) in [5, 5.41) is 2.55. The number of anilines is 1. The minimum absolute atomic E-state index is 0.242. The van der Waals surface area contributed by atoms with Crippen molar-refractivity contribution >= 4 is 22.6 Å². The second-order valence-corrected chi connectivity index (χ2v) is 6.41. The summed E-state index contributed by atoms with van der Waals surface area (Å²) in [6.45, 7) is 7.01. The summed E-state index contributed by atoms with van der Waals surface area (Å²) >= 11 is 1.44. The molecule has 0 bridgehead atoms. The van der Waals surface area contributed by atoms with Gasteiger partial charge in [0.15, 0.2) is 5.13 Å². The Bertz CT molecular complexity index is 439. The van der Waals surface area contributed by atoms with Crippen LogP contribution in [-0.4, -0.2) is 34.7 Å². The van der Waals surface area contributed by atoms with Crippen LogP contribution in [0.15, 0.2) is 5.38 Å². The number of rotatable bonds is 1. The van der Waals surface area contributed by atoms with Gasteiger partial charge in [0.1, 0.15) is 5.60 Å². The molecule has 1 fully saturated rings. The number of hydrogen-bond donors (Lipinski definition) is 1. The number of likely N-dealkylation sites (tertiary alicyclic amines) is 1. The molecule has 2 heterocycles. The zero-order valence-electron chi connectivity index (χ0n) is 11.0. The summed E-state index contributed by atoms with van der Waals surface area (Å²) in [6.07, 6.45) is 0.677. The Labute approximate surface area is 111 Å². The SMILES string of the molecule is CC(C)(C)OC(=O)N1CC[C@H](c2csc(N)n2)C1. The smallest absolute Gasteiger partial charge is 0.410 e. The Morgan fingerprint density at radius 3 is 2.89 bits per heavy atom. The van der Waals surface area contributed by atoms with E-state index in [0.717, 1.165) is 18.7 Å². The molecule has 1 saturated heterocycles. The number of thiazole rings is 1. The lowest BCUT2D eigenvalue weighted by Gasteiger charge is -2.24. The minimum atomic E-state index is -0.444. The third kappa shape index (κ3) is 3.13. The van der Waals surface area contributed by atoms with Crippen LogP contribution >= 0.6 is 11.3 Å². The number of nitrogens with two attached hydrogens (primary N) is 1. The normalized spacial score (nSPS) is 20.2. The number of hydrogen-bond acceptors (Lipinski definition) is 5. The standard InChI is InChI=1S/C12H19N3O2S/c1-12(2,3)17-11(16)15-5-4-8(6-15)9-7-18-10(13)14-9/h7-8H,4-6H2,1-3H3,(H2,13,14)/t8-/m0/s1. The molecule has 0 spiro atoms. The van der Waals surface area contributed by atoms with E-state index >= 15 is 0 Å². The highest BCUT2D eigenvalue weighted by Gasteiger charge is 2.31. The molecule has 5 nitrogen and oxygen atoms in total. The predicted molar refractivity (Wildman–Crippen MR) is 71.7 cm³/mol. The summed E-state index contributed by atoms with van der Waals surface area (Å²) in [4.78, 5) is 17.9. The monoisotopic (exact) mass is 269 g/mol. The first-order chi connectivity index (χ1) is 8.35. The van der Waals surface area contributed by atoms with E-state index in [9.17, 15) is 4.79 Å². The molecule has 1 aromatic heterocycles. The van der Waals surface area contributed by atoms with Gasteiger partial charge in [-0.25, -0.2) is 9.78 Å². The van der Waals surface area contributed by atoms with Crippen molar-refractivity contribution in [2.24, 2.45) is 0 Å². The van der Waals surface area contributed by atoms with Gasteiger partial charge in [0.2, 0.25) is 0 Å². The van der Waals surface area contributed by atoms with Gasteiger partial charge in [0, 0.05) is 24.4 Å². The number of carbonyl (C=O) groups excluding carboxylic acids is 1. The molecule has 1 aliphatic heterocycles. The topological polar surface area (TPSA) is 68.5 Å². The molecule has 6 heteroatoms. The highest BCUT2D eigenvalue weighted by molar-refractivity contribution is 7.13. The van der Waals surface area contributed by atoms with E-state index in [1.54, 1.807) is 4.90 Å². The molecular weight excluding hydrogens is 250 g/mol. The minimum Gasteiger partial charge on any atom is -0.444 e. The lowest BCUT2D eigenvalue weighted by atomic mass is 10.1. The molecule has 1 aromatic rings. The Balaban J connectivity index is 1.94. The first-order valence-electron chi connectivity index (χ1n) is 6.04. The molecular formula is C12H19N3O2S. The molecule has 2 rings (SSSR count). The van der Waals surface area contributed by atoms with Crippen molar-refractivity contribution in [2.45, 2.75) is 38.7 Å². The predicted octanol–water partition coefficient (Wildman–Crippen LogP) is 2.45. The van der Waals surface area contributed by atoms with Crippen LogP contribution in [0.3, 0.4) is 0 Å². The van der Waals surface area contributed by atoms with Crippen LogP contribution in [0.4, 0.5) is 9.93 Å². The first-order valence-corrected chi connectivity index (χ1v) is 6.92. The molecule has 0 radical (unpaired) electrons. The molecule has 0 aromatic carbocycles. The van der Waals surface area contributed by atoms with Crippen LogP contribution in [0.25, 0.3) is 0 Å². The second-order valence-electron chi connectivity index (χ2n) is 5.52. The molecule has 1 aliphatic rings. The van der Waals surface area contributed by atoms with Gasteiger partial charge in [0.05, 0.1) is 5.69 Å². The van der Waals surface area contributed by atoms with Gasteiger partial charge in [-0.05, 0) is 27.2 Å². The maximum absolute atomic E-state index is 11.9. The van der Waals surface area contributed by atoms with Crippen LogP contribution in [0.2, 0.25) is 0 Å². The number of nitrogens with zero attached hydrogens (tertiary/aromatic N) is 2. The highest BCUT2D eigenvalue weighted by Crippen LogP contribution is 2.29. The third-order valence-corrected chi connectivity index (χ3v) is 3.49. The summed E-state index contributed by atoms with van der Waals surface area (Å²) in [5.41, 5.74) is 6.17.